The van der Waals surface area contributed by atoms with Crippen molar-refractivity contribution < 1.29 is 22.8 Å². The molecule has 8 heteroatoms. The van der Waals surface area contributed by atoms with Crippen molar-refractivity contribution >= 4 is 17.5 Å². The highest BCUT2D eigenvalue weighted by molar-refractivity contribution is 6.02. The molecule has 1 fully saturated rings. The maximum absolute atomic E-state index is 12.4. The number of halogens is 3. The number of nitrogens with zero attached hydrogens (tertiary/aromatic N) is 1. The van der Waals surface area contributed by atoms with Crippen molar-refractivity contribution in [1.29, 1.82) is 0 Å². The van der Waals surface area contributed by atoms with Gasteiger partial charge in [-0.05, 0) is 25.5 Å². The van der Waals surface area contributed by atoms with Crippen LogP contribution in [0.1, 0.15) is 13.3 Å². The van der Waals surface area contributed by atoms with Crippen LogP contribution >= 0.6 is 0 Å². The number of benzene rings is 1. The van der Waals surface area contributed by atoms with E-state index in [1.807, 2.05) is 30.4 Å². The molecule has 2 unspecified atom stereocenters. The van der Waals surface area contributed by atoms with Crippen molar-refractivity contribution in [2.24, 2.45) is 0 Å². The van der Waals surface area contributed by atoms with E-state index in [0.29, 0.717) is 6.42 Å². The smallest absolute Gasteiger partial charge is 0.343 e. The molecule has 1 aliphatic heterocycles. The molecule has 0 aliphatic carbocycles. The van der Waals surface area contributed by atoms with Gasteiger partial charge < -0.3 is 15.5 Å². The highest BCUT2D eigenvalue weighted by atomic mass is 19.4. The predicted octanol–water partition coefficient (Wildman–Crippen LogP) is 1.45. The lowest BCUT2D eigenvalue weighted by atomic mass is 10.2. The third-order valence-electron chi connectivity index (χ3n) is 3.53. The first-order chi connectivity index (χ1) is 10.8. The van der Waals surface area contributed by atoms with E-state index in [-0.39, 0.29) is 11.9 Å². The van der Waals surface area contributed by atoms with Crippen LogP contribution in [0.3, 0.4) is 0 Å². The van der Waals surface area contributed by atoms with Crippen molar-refractivity contribution in [2.45, 2.75) is 31.6 Å². The third-order valence-corrected chi connectivity index (χ3v) is 3.53. The van der Waals surface area contributed by atoms with Gasteiger partial charge in [0, 0.05) is 11.7 Å². The number of nitrogens with one attached hydrogen (secondary N) is 2. The zero-order chi connectivity index (χ0) is 17.0. The van der Waals surface area contributed by atoms with Crippen molar-refractivity contribution in [3.8, 4) is 0 Å². The molecule has 5 nitrogen and oxygen atoms in total. The zero-order valence-electron chi connectivity index (χ0n) is 12.6. The first kappa shape index (κ1) is 17.3. The Hall–Kier alpha value is -2.09. The highest BCUT2D eigenvalue weighted by Gasteiger charge is 2.38. The molecule has 0 spiro atoms. The number of amides is 2. The summed E-state index contributed by atoms with van der Waals surface area (Å²) in [4.78, 5) is 25.7. The van der Waals surface area contributed by atoms with E-state index < -0.39 is 31.2 Å². The average Bonchev–Trinajstić information content (AvgIpc) is 2.73. The molecule has 1 aromatic rings. The van der Waals surface area contributed by atoms with Gasteiger partial charge in [0.15, 0.2) is 0 Å². The summed E-state index contributed by atoms with van der Waals surface area (Å²) in [5.41, 5.74) is 0.733. The molecule has 2 amide bonds. The minimum absolute atomic E-state index is 0.0988. The lowest BCUT2D eigenvalue weighted by molar-refractivity contribution is -0.130. The van der Waals surface area contributed by atoms with Crippen LogP contribution in [-0.4, -0.2) is 43.2 Å². The van der Waals surface area contributed by atoms with Crippen LogP contribution in [0.2, 0.25) is 0 Å². The standard InChI is InChI=1S/C15H18F3N3O2/c1-10-7-12(20-13(22)8-19-9-15(16,17)18)14(23)21(10)11-5-3-2-4-6-11/h2-6,10,12,19H,7-9H2,1H3,(H,20,22). The summed E-state index contributed by atoms with van der Waals surface area (Å²) in [7, 11) is 0. The van der Waals surface area contributed by atoms with Crippen LogP contribution in [0.5, 0.6) is 0 Å². The molecule has 2 rings (SSSR count). The maximum atomic E-state index is 12.4. The minimum atomic E-state index is -4.37. The molecule has 0 saturated carbocycles. The van der Waals surface area contributed by atoms with Crippen LogP contribution in [0.4, 0.5) is 18.9 Å². The Bertz CT molecular complexity index is 563. The SMILES string of the molecule is CC1CC(NC(=O)CNCC(F)(F)F)C(=O)N1c1ccccc1. The molecule has 0 bridgehead atoms. The number of para-hydroxylation sites is 1. The number of carbonyl (C=O) groups is 2. The molecule has 0 aromatic heterocycles. The Kier molecular flexibility index (Phi) is 5.25. The highest BCUT2D eigenvalue weighted by Crippen LogP contribution is 2.26. The van der Waals surface area contributed by atoms with Gasteiger partial charge in [0.1, 0.15) is 6.04 Å². The fraction of sp³-hybridized carbons (Fsp3) is 0.467. The summed E-state index contributed by atoms with van der Waals surface area (Å²) < 4.78 is 36.0. The molecule has 1 aliphatic rings. The first-order valence-electron chi connectivity index (χ1n) is 7.23. The largest absolute Gasteiger partial charge is 0.401 e. The molecule has 0 radical (unpaired) electrons. The van der Waals surface area contributed by atoms with Crippen LogP contribution in [0.15, 0.2) is 30.3 Å². The van der Waals surface area contributed by atoms with Gasteiger partial charge in [0.05, 0.1) is 13.1 Å². The average molecular weight is 329 g/mol. The minimum Gasteiger partial charge on any atom is -0.343 e. The normalized spacial score (nSPS) is 21.6. The van der Waals surface area contributed by atoms with Crippen LogP contribution in [0.25, 0.3) is 0 Å². The molecule has 126 valence electrons. The monoisotopic (exact) mass is 329 g/mol. The van der Waals surface area contributed by atoms with Crippen LogP contribution in [-0.2, 0) is 9.59 Å². The summed E-state index contributed by atoms with van der Waals surface area (Å²) in [5.74, 6) is -0.886. The van der Waals surface area contributed by atoms with Gasteiger partial charge in [-0.15, -0.1) is 0 Å². The summed E-state index contributed by atoms with van der Waals surface area (Å²) >= 11 is 0. The van der Waals surface area contributed by atoms with E-state index in [0.717, 1.165) is 5.69 Å². The van der Waals surface area contributed by atoms with Crippen molar-refractivity contribution in [3.63, 3.8) is 0 Å². The number of hydrogen-bond donors (Lipinski definition) is 2. The molecule has 1 saturated heterocycles. The van der Waals surface area contributed by atoms with Crippen molar-refractivity contribution in [2.75, 3.05) is 18.0 Å². The second-order valence-electron chi connectivity index (χ2n) is 5.47. The Morgan fingerprint density at radius 1 is 1.30 bits per heavy atom. The second kappa shape index (κ2) is 6.99. The fourth-order valence-corrected chi connectivity index (χ4v) is 2.59. The Balaban J connectivity index is 1.90. The quantitative estimate of drug-likeness (QED) is 0.859. The number of anilines is 1. The molecule has 23 heavy (non-hydrogen) atoms. The molecular weight excluding hydrogens is 311 g/mol. The third kappa shape index (κ3) is 4.69. The Labute approximate surface area is 131 Å². The van der Waals surface area contributed by atoms with Gasteiger partial charge in [-0.3, -0.25) is 9.59 Å². The van der Waals surface area contributed by atoms with E-state index in [1.165, 1.54) is 0 Å². The van der Waals surface area contributed by atoms with Gasteiger partial charge in [-0.1, -0.05) is 18.2 Å². The van der Waals surface area contributed by atoms with E-state index in [1.54, 1.807) is 17.0 Å². The summed E-state index contributed by atoms with van der Waals surface area (Å²) in [6, 6.07) is 8.22. The van der Waals surface area contributed by atoms with E-state index >= 15 is 0 Å². The second-order valence-corrected chi connectivity index (χ2v) is 5.47. The number of carbonyl (C=O) groups excluding carboxylic acids is 2. The molecular formula is C15H18F3N3O2. The predicted molar refractivity (Wildman–Crippen MR) is 78.9 cm³/mol. The van der Waals surface area contributed by atoms with Crippen molar-refractivity contribution in [1.82, 2.24) is 10.6 Å². The lowest BCUT2D eigenvalue weighted by Gasteiger charge is -2.21. The number of hydrogen-bond acceptors (Lipinski definition) is 3. The molecule has 1 aromatic carbocycles. The van der Waals surface area contributed by atoms with E-state index in [2.05, 4.69) is 5.32 Å². The molecule has 2 atom stereocenters. The Morgan fingerprint density at radius 3 is 2.57 bits per heavy atom. The maximum Gasteiger partial charge on any atom is 0.401 e. The fourth-order valence-electron chi connectivity index (χ4n) is 2.59. The summed E-state index contributed by atoms with van der Waals surface area (Å²) in [6.45, 7) is 0.132. The topological polar surface area (TPSA) is 61.4 Å². The van der Waals surface area contributed by atoms with Gasteiger partial charge in [-0.25, -0.2) is 0 Å². The molecule has 2 N–H and O–H groups in total. The molecule has 1 heterocycles. The van der Waals surface area contributed by atoms with Gasteiger partial charge in [-0.2, -0.15) is 13.2 Å². The van der Waals surface area contributed by atoms with Crippen LogP contribution in [0, 0.1) is 0 Å². The zero-order valence-corrected chi connectivity index (χ0v) is 12.6. The number of alkyl halides is 3. The van der Waals surface area contributed by atoms with Gasteiger partial charge in [0.2, 0.25) is 11.8 Å². The number of rotatable bonds is 5. The Morgan fingerprint density at radius 2 is 1.96 bits per heavy atom. The summed E-state index contributed by atoms with van der Waals surface area (Å²) in [6.07, 6.45) is -3.96. The van der Waals surface area contributed by atoms with E-state index in [9.17, 15) is 22.8 Å². The summed E-state index contributed by atoms with van der Waals surface area (Å²) in [5, 5.41) is 4.49. The lowest BCUT2D eigenvalue weighted by Crippen LogP contribution is -2.46. The van der Waals surface area contributed by atoms with Gasteiger partial charge >= 0.3 is 6.18 Å². The van der Waals surface area contributed by atoms with E-state index in [4.69, 9.17) is 0 Å². The van der Waals surface area contributed by atoms with Gasteiger partial charge in [0.25, 0.3) is 0 Å². The van der Waals surface area contributed by atoms with Crippen LogP contribution < -0.4 is 15.5 Å². The van der Waals surface area contributed by atoms with Crippen molar-refractivity contribution in [3.05, 3.63) is 30.3 Å². The first-order valence-corrected chi connectivity index (χ1v) is 7.23.